The van der Waals surface area contributed by atoms with E-state index in [0.717, 1.165) is 33.9 Å². The molecule has 2 aromatic rings. The highest BCUT2D eigenvalue weighted by atomic mass is 32.3. The summed E-state index contributed by atoms with van der Waals surface area (Å²) in [4.78, 5) is 22.2. The quantitative estimate of drug-likeness (QED) is 0.417. The lowest BCUT2D eigenvalue weighted by Crippen LogP contribution is -2.43. The lowest BCUT2D eigenvalue weighted by molar-refractivity contribution is -0.118. The molecule has 0 bridgehead atoms. The Morgan fingerprint density at radius 1 is 1.32 bits per heavy atom. The zero-order valence-electron chi connectivity index (χ0n) is 19.2. The highest BCUT2D eigenvalue weighted by molar-refractivity contribution is 8.01. The molecule has 174 valence electrons. The van der Waals surface area contributed by atoms with Crippen LogP contribution in [0.3, 0.4) is 0 Å². The number of aliphatic hydroxyl groups is 1. The van der Waals surface area contributed by atoms with Gasteiger partial charge in [-0.05, 0) is 42.9 Å². The fourth-order valence-electron chi connectivity index (χ4n) is 3.21. The highest BCUT2D eigenvalue weighted by Gasteiger charge is 2.26. The topological polar surface area (TPSA) is 127 Å². The predicted molar refractivity (Wildman–Crippen MR) is 124 cm³/mol. The Morgan fingerprint density at radius 2 is 1.97 bits per heavy atom. The maximum absolute atomic E-state index is 13.0. The van der Waals surface area contributed by atoms with E-state index in [9.17, 15) is 14.1 Å². The van der Waals surface area contributed by atoms with Crippen molar-refractivity contribution in [3.63, 3.8) is 0 Å². The fourth-order valence-corrected chi connectivity index (χ4v) is 5.62. The third kappa shape index (κ3) is 6.39. The van der Waals surface area contributed by atoms with Crippen LogP contribution in [-0.4, -0.2) is 32.3 Å². The van der Waals surface area contributed by atoms with Crippen LogP contribution < -0.4 is 9.86 Å². The van der Waals surface area contributed by atoms with Crippen LogP contribution in [0.5, 0.6) is 0 Å². The summed E-state index contributed by atoms with van der Waals surface area (Å²) >= 11 is 1.03. The third-order valence-corrected chi connectivity index (χ3v) is 8.18. The van der Waals surface area contributed by atoms with Gasteiger partial charge in [0.05, 0.1) is 39.5 Å². The zero-order valence-corrected chi connectivity index (χ0v) is 20.9. The van der Waals surface area contributed by atoms with Crippen LogP contribution in [0.1, 0.15) is 80.8 Å². The number of amides is 1. The fraction of sp³-hybridized carbons (Fsp3) is 0.571. The maximum Gasteiger partial charge on any atom is 0.235 e. The molecule has 0 fully saturated rings. The highest BCUT2D eigenvalue weighted by Crippen LogP contribution is 2.30. The van der Waals surface area contributed by atoms with Crippen molar-refractivity contribution in [2.75, 3.05) is 7.11 Å². The lowest BCUT2D eigenvalue weighted by Gasteiger charge is -2.22. The predicted octanol–water partition coefficient (Wildman–Crippen LogP) is 2.68. The molecule has 0 spiro atoms. The van der Waals surface area contributed by atoms with Crippen molar-refractivity contribution in [1.82, 2.24) is 14.7 Å². The Morgan fingerprint density at radius 3 is 2.45 bits per heavy atom. The van der Waals surface area contributed by atoms with Crippen molar-refractivity contribution in [3.8, 4) is 0 Å². The van der Waals surface area contributed by atoms with Crippen molar-refractivity contribution >= 4 is 27.5 Å². The number of thiazole rings is 1. The third-order valence-electron chi connectivity index (χ3n) is 4.71. The molecule has 10 heteroatoms. The molecular formula is C21H34N4O4S2. The molecule has 31 heavy (non-hydrogen) atoms. The first-order chi connectivity index (χ1) is 14.3. The molecule has 1 amide bonds. The maximum atomic E-state index is 13.0. The number of nitrogens with zero attached hydrogens (tertiary/aromatic N) is 2. The standard InChI is InChI=1S/C21H34N4O4S2/c1-12(2)15-8-14(11-29-7)24-19(13(3)4)16(15)9-18(26)25-31(22,28)20-23-10-17(30-20)21(5,6)27/h8,10,12-13,27,31H,9,11H2,1-7H3,(H3,22,25,26,28). The van der Waals surface area contributed by atoms with E-state index in [1.54, 1.807) is 21.0 Å². The van der Waals surface area contributed by atoms with E-state index in [4.69, 9.17) is 14.9 Å². The molecule has 0 saturated heterocycles. The molecule has 0 atom stereocenters. The first kappa shape index (κ1) is 25.5. The normalized spacial score (nSPS) is 13.1. The molecule has 2 aromatic heterocycles. The van der Waals surface area contributed by atoms with Gasteiger partial charge in [0.1, 0.15) is 0 Å². The molecule has 0 unspecified atom stereocenters. The number of aromatic nitrogens is 2. The average Bonchev–Trinajstić information content (AvgIpc) is 3.13. The van der Waals surface area contributed by atoms with E-state index in [2.05, 4.69) is 23.6 Å². The van der Waals surface area contributed by atoms with Gasteiger partial charge in [0, 0.05) is 19.0 Å². The number of nitrogens with two attached hydrogens (primary N) is 1. The number of hydrogen-bond donors (Lipinski definition) is 4. The minimum atomic E-state index is -3.73. The molecule has 8 nitrogen and oxygen atoms in total. The zero-order chi connectivity index (χ0) is 23.6. The van der Waals surface area contributed by atoms with Gasteiger partial charge in [0.2, 0.25) is 5.91 Å². The summed E-state index contributed by atoms with van der Waals surface area (Å²) in [6.45, 7) is 11.7. The molecule has 4 N–H and O–H groups in total. The SMILES string of the molecule is COCc1cc(C(C)C)c(CC(=O)N[SH](N)(=O)c2ncc(C(C)(C)O)s2)c(C(C)C)n1. The monoisotopic (exact) mass is 470 g/mol. The number of methoxy groups -OCH3 is 1. The van der Waals surface area contributed by atoms with Gasteiger partial charge in [-0.3, -0.25) is 19.6 Å². The number of carbonyl (C=O) groups is 1. The molecule has 0 aliphatic carbocycles. The molecule has 2 rings (SSSR count). The van der Waals surface area contributed by atoms with Gasteiger partial charge in [0.15, 0.2) is 4.34 Å². The summed E-state index contributed by atoms with van der Waals surface area (Å²) < 4.78 is 20.8. The molecule has 0 aliphatic heterocycles. The van der Waals surface area contributed by atoms with Crippen LogP contribution in [0.15, 0.2) is 16.6 Å². The second-order valence-corrected chi connectivity index (χ2v) is 12.0. The van der Waals surface area contributed by atoms with Gasteiger partial charge < -0.3 is 9.84 Å². The summed E-state index contributed by atoms with van der Waals surface area (Å²) in [7, 11) is -2.11. The molecule has 0 saturated carbocycles. The Hall–Kier alpha value is -1.72. The first-order valence-corrected chi connectivity index (χ1v) is 12.8. The van der Waals surface area contributed by atoms with Crippen LogP contribution in [0.25, 0.3) is 0 Å². The number of carbonyl (C=O) groups excluding carboxylic acids is 1. The molecule has 0 radical (unpaired) electrons. The lowest BCUT2D eigenvalue weighted by atomic mass is 9.90. The van der Waals surface area contributed by atoms with Gasteiger partial charge in [-0.2, -0.15) is 0 Å². The van der Waals surface area contributed by atoms with Crippen LogP contribution in [0.4, 0.5) is 0 Å². The Balaban J connectivity index is 2.34. The summed E-state index contributed by atoms with van der Waals surface area (Å²) in [6, 6.07) is 1.96. The number of nitrogens with one attached hydrogen (secondary N) is 1. The average molecular weight is 471 g/mol. The Bertz CT molecular complexity index is 951. The largest absolute Gasteiger partial charge is 0.385 e. The van der Waals surface area contributed by atoms with Gasteiger partial charge in [-0.25, -0.2) is 9.19 Å². The van der Waals surface area contributed by atoms with E-state index < -0.39 is 21.8 Å². The number of pyridine rings is 1. The van der Waals surface area contributed by atoms with Crippen molar-refractivity contribution < 1.29 is 18.8 Å². The number of thiol groups is 1. The minimum absolute atomic E-state index is 0.00616. The molecular weight excluding hydrogens is 436 g/mol. The second kappa shape index (κ2) is 9.83. The van der Waals surface area contributed by atoms with Gasteiger partial charge in [0.25, 0.3) is 0 Å². The van der Waals surface area contributed by atoms with Gasteiger partial charge in [-0.1, -0.05) is 27.7 Å². The van der Waals surface area contributed by atoms with Crippen LogP contribution in [0, 0.1) is 0 Å². The molecule has 0 aromatic carbocycles. The van der Waals surface area contributed by atoms with Crippen LogP contribution >= 0.6 is 11.3 Å². The Kier molecular flexibility index (Phi) is 8.10. The number of rotatable bonds is 9. The summed E-state index contributed by atoms with van der Waals surface area (Å²) in [5.74, 6) is -0.206. The molecule has 0 aliphatic rings. The number of ether oxygens (including phenoxy) is 1. The van der Waals surface area contributed by atoms with Gasteiger partial charge in [-0.15, -0.1) is 11.3 Å². The van der Waals surface area contributed by atoms with Crippen molar-refractivity contribution in [1.29, 1.82) is 0 Å². The van der Waals surface area contributed by atoms with E-state index >= 15 is 0 Å². The van der Waals surface area contributed by atoms with E-state index in [1.165, 1.54) is 6.20 Å². The van der Waals surface area contributed by atoms with E-state index in [-0.39, 0.29) is 22.6 Å². The minimum Gasteiger partial charge on any atom is -0.385 e. The molecule has 2 heterocycles. The Labute approximate surface area is 189 Å². The summed E-state index contributed by atoms with van der Waals surface area (Å²) in [5, 5.41) is 16.1. The second-order valence-electron chi connectivity index (χ2n) is 8.74. The summed E-state index contributed by atoms with van der Waals surface area (Å²) in [6.07, 6.45) is 1.43. The number of hydrogen-bond acceptors (Lipinski definition) is 7. The van der Waals surface area contributed by atoms with E-state index in [1.807, 2.05) is 19.9 Å². The smallest absolute Gasteiger partial charge is 0.235 e. The van der Waals surface area contributed by atoms with Crippen molar-refractivity contribution in [2.45, 2.75) is 76.3 Å². The van der Waals surface area contributed by atoms with Gasteiger partial charge >= 0.3 is 0 Å². The van der Waals surface area contributed by atoms with Crippen molar-refractivity contribution in [2.24, 2.45) is 5.14 Å². The first-order valence-electron chi connectivity index (χ1n) is 10.2. The van der Waals surface area contributed by atoms with Crippen LogP contribution in [-0.2, 0) is 38.5 Å². The van der Waals surface area contributed by atoms with E-state index in [0.29, 0.717) is 11.5 Å². The van der Waals surface area contributed by atoms with Crippen molar-refractivity contribution in [3.05, 3.63) is 39.7 Å². The van der Waals surface area contributed by atoms with Crippen LogP contribution in [0.2, 0.25) is 0 Å². The summed E-state index contributed by atoms with van der Waals surface area (Å²) in [5.41, 5.74) is 2.32.